The van der Waals surface area contributed by atoms with Crippen molar-refractivity contribution >= 4 is 52.8 Å². The molecule has 0 fully saturated rings. The van der Waals surface area contributed by atoms with Gasteiger partial charge in [0, 0.05) is 22.3 Å². The Morgan fingerprint density at radius 2 is 1.76 bits per heavy atom. The molecule has 0 bridgehead atoms. The van der Waals surface area contributed by atoms with Gasteiger partial charge in [0.15, 0.2) is 18.1 Å². The van der Waals surface area contributed by atoms with E-state index in [0.717, 1.165) is 12.8 Å². The lowest BCUT2D eigenvalue weighted by Gasteiger charge is -2.12. The van der Waals surface area contributed by atoms with Gasteiger partial charge in [-0.3, -0.25) is 14.4 Å². The van der Waals surface area contributed by atoms with Crippen molar-refractivity contribution in [1.29, 1.82) is 0 Å². The molecule has 9 nitrogen and oxygen atoms in total. The standard InChI is InChI=1S/C22H24Cl2N4O5/c1-3-4-7-25-21(30)22(31)28-26-12-14-5-6-18(19(8-14)32-2)33-13-20(29)27-17-10-15(23)9-16(24)11-17/h5-6,8-12H,3-4,7,13H2,1-2H3,(H,25,30)(H,27,29)(H,28,31)/b26-12-. The zero-order valence-electron chi connectivity index (χ0n) is 18.1. The summed E-state index contributed by atoms with van der Waals surface area (Å²) >= 11 is 11.8. The number of methoxy groups -OCH3 is 1. The van der Waals surface area contributed by atoms with Crippen LogP contribution in [0.4, 0.5) is 5.69 Å². The van der Waals surface area contributed by atoms with E-state index in [1.165, 1.54) is 13.3 Å². The van der Waals surface area contributed by atoms with Crippen LogP contribution >= 0.6 is 23.2 Å². The molecule has 176 valence electrons. The SMILES string of the molecule is CCCCNC(=O)C(=O)N/N=C\c1ccc(OCC(=O)Nc2cc(Cl)cc(Cl)c2)c(OC)c1. The normalized spacial score (nSPS) is 10.5. The summed E-state index contributed by atoms with van der Waals surface area (Å²) in [6.07, 6.45) is 3.04. The van der Waals surface area contributed by atoms with Crippen molar-refractivity contribution in [1.82, 2.24) is 10.7 Å². The first-order valence-electron chi connectivity index (χ1n) is 10.0. The van der Waals surface area contributed by atoms with E-state index in [-0.39, 0.29) is 6.61 Å². The van der Waals surface area contributed by atoms with E-state index < -0.39 is 17.7 Å². The maximum Gasteiger partial charge on any atom is 0.329 e. The van der Waals surface area contributed by atoms with Gasteiger partial charge in [-0.25, -0.2) is 5.43 Å². The van der Waals surface area contributed by atoms with Gasteiger partial charge in [-0.15, -0.1) is 0 Å². The number of amides is 3. The summed E-state index contributed by atoms with van der Waals surface area (Å²) in [5, 5.41) is 9.69. The highest BCUT2D eigenvalue weighted by atomic mass is 35.5. The highest BCUT2D eigenvalue weighted by molar-refractivity contribution is 6.35. The van der Waals surface area contributed by atoms with Crippen molar-refractivity contribution < 1.29 is 23.9 Å². The van der Waals surface area contributed by atoms with Gasteiger partial charge in [-0.1, -0.05) is 36.5 Å². The smallest absolute Gasteiger partial charge is 0.329 e. The number of hydrogen-bond acceptors (Lipinski definition) is 6. The van der Waals surface area contributed by atoms with E-state index in [1.54, 1.807) is 36.4 Å². The fourth-order valence-electron chi connectivity index (χ4n) is 2.53. The minimum absolute atomic E-state index is 0.281. The molecule has 0 aliphatic rings. The monoisotopic (exact) mass is 494 g/mol. The molecule has 3 N–H and O–H groups in total. The van der Waals surface area contributed by atoms with Crippen LogP contribution < -0.4 is 25.5 Å². The number of hydrazone groups is 1. The Morgan fingerprint density at radius 1 is 1.03 bits per heavy atom. The summed E-state index contributed by atoms with van der Waals surface area (Å²) in [5.74, 6) is -1.35. The average molecular weight is 495 g/mol. The van der Waals surface area contributed by atoms with E-state index in [0.29, 0.717) is 39.3 Å². The molecule has 0 heterocycles. The molecule has 0 aliphatic heterocycles. The summed E-state index contributed by atoms with van der Waals surface area (Å²) in [7, 11) is 1.44. The molecule has 0 radical (unpaired) electrons. The molecule has 11 heteroatoms. The Bertz CT molecular complexity index is 1010. The van der Waals surface area contributed by atoms with Gasteiger partial charge in [0.05, 0.1) is 13.3 Å². The third-order valence-electron chi connectivity index (χ3n) is 4.09. The number of carbonyl (C=O) groups excluding carboxylic acids is 3. The highest BCUT2D eigenvalue weighted by Gasteiger charge is 2.12. The number of ether oxygens (including phenoxy) is 2. The lowest BCUT2D eigenvalue weighted by atomic mass is 10.2. The van der Waals surface area contributed by atoms with E-state index in [4.69, 9.17) is 32.7 Å². The van der Waals surface area contributed by atoms with Gasteiger partial charge in [0.2, 0.25) is 0 Å². The lowest BCUT2D eigenvalue weighted by molar-refractivity contribution is -0.139. The fraction of sp³-hybridized carbons (Fsp3) is 0.273. The third-order valence-corrected chi connectivity index (χ3v) is 4.53. The van der Waals surface area contributed by atoms with Crippen molar-refractivity contribution in [3.05, 3.63) is 52.0 Å². The average Bonchev–Trinajstić information content (AvgIpc) is 2.77. The number of halogens is 2. The first-order chi connectivity index (χ1) is 15.8. The molecule has 3 amide bonds. The Hall–Kier alpha value is -3.30. The highest BCUT2D eigenvalue weighted by Crippen LogP contribution is 2.28. The fourth-order valence-corrected chi connectivity index (χ4v) is 3.05. The van der Waals surface area contributed by atoms with Crippen molar-refractivity contribution in [2.75, 3.05) is 25.6 Å². The van der Waals surface area contributed by atoms with Crippen molar-refractivity contribution in [3.63, 3.8) is 0 Å². The van der Waals surface area contributed by atoms with Gasteiger partial charge in [0.1, 0.15) is 0 Å². The van der Waals surface area contributed by atoms with Crippen LogP contribution in [0.15, 0.2) is 41.5 Å². The molecule has 0 spiro atoms. The zero-order valence-corrected chi connectivity index (χ0v) is 19.6. The Morgan fingerprint density at radius 3 is 2.42 bits per heavy atom. The Balaban J connectivity index is 1.90. The molecule has 0 saturated carbocycles. The van der Waals surface area contributed by atoms with Gasteiger partial charge in [0.25, 0.3) is 5.91 Å². The number of nitrogens with zero attached hydrogens (tertiary/aromatic N) is 1. The molecule has 0 aromatic heterocycles. The number of rotatable bonds is 10. The number of nitrogens with one attached hydrogen (secondary N) is 3. The molecular formula is C22H24Cl2N4O5. The molecule has 0 saturated heterocycles. The first-order valence-corrected chi connectivity index (χ1v) is 10.8. The summed E-state index contributed by atoms with van der Waals surface area (Å²) in [5.41, 5.74) is 3.17. The van der Waals surface area contributed by atoms with E-state index >= 15 is 0 Å². The molecule has 2 aromatic carbocycles. The molecule has 2 rings (SSSR count). The molecule has 0 unspecified atom stereocenters. The minimum Gasteiger partial charge on any atom is -0.493 e. The van der Waals surface area contributed by atoms with Gasteiger partial charge in [-0.05, 0) is 48.4 Å². The number of unbranched alkanes of at least 4 members (excludes halogenated alkanes) is 1. The van der Waals surface area contributed by atoms with Gasteiger partial charge < -0.3 is 20.1 Å². The first kappa shape index (κ1) is 26.0. The number of hydrogen-bond donors (Lipinski definition) is 3. The van der Waals surface area contributed by atoms with Crippen LogP contribution in [0.5, 0.6) is 11.5 Å². The Kier molecular flexibility index (Phi) is 10.5. The molecular weight excluding hydrogens is 471 g/mol. The number of benzene rings is 2. The van der Waals surface area contributed by atoms with Crippen LogP contribution in [-0.2, 0) is 14.4 Å². The van der Waals surface area contributed by atoms with Crippen molar-refractivity contribution in [2.24, 2.45) is 5.10 Å². The van der Waals surface area contributed by atoms with Crippen LogP contribution in [0.3, 0.4) is 0 Å². The van der Waals surface area contributed by atoms with E-state index in [1.807, 2.05) is 6.92 Å². The third kappa shape index (κ3) is 8.99. The van der Waals surface area contributed by atoms with Crippen LogP contribution in [0, 0.1) is 0 Å². The van der Waals surface area contributed by atoms with E-state index in [2.05, 4.69) is 21.2 Å². The van der Waals surface area contributed by atoms with Crippen molar-refractivity contribution in [3.8, 4) is 11.5 Å². The second-order valence-corrected chi connectivity index (χ2v) is 7.59. The lowest BCUT2D eigenvalue weighted by Crippen LogP contribution is -2.38. The number of anilines is 1. The summed E-state index contributed by atoms with van der Waals surface area (Å²) in [6, 6.07) is 9.51. The maximum atomic E-state index is 12.2. The predicted molar refractivity (Wildman–Crippen MR) is 127 cm³/mol. The predicted octanol–water partition coefficient (Wildman–Crippen LogP) is 3.39. The summed E-state index contributed by atoms with van der Waals surface area (Å²) in [6.45, 7) is 2.13. The largest absolute Gasteiger partial charge is 0.493 e. The summed E-state index contributed by atoms with van der Waals surface area (Å²) in [4.78, 5) is 35.5. The van der Waals surface area contributed by atoms with E-state index in [9.17, 15) is 14.4 Å². The van der Waals surface area contributed by atoms with Crippen LogP contribution in [0.25, 0.3) is 0 Å². The minimum atomic E-state index is -0.860. The second-order valence-electron chi connectivity index (χ2n) is 6.71. The summed E-state index contributed by atoms with van der Waals surface area (Å²) < 4.78 is 10.8. The molecule has 0 aliphatic carbocycles. The van der Waals surface area contributed by atoms with Gasteiger partial charge >= 0.3 is 11.8 Å². The topological polar surface area (TPSA) is 118 Å². The number of carbonyl (C=O) groups is 3. The van der Waals surface area contributed by atoms with Crippen LogP contribution in [-0.4, -0.2) is 44.2 Å². The molecule has 2 aromatic rings. The maximum absolute atomic E-state index is 12.2. The second kappa shape index (κ2) is 13.3. The van der Waals surface area contributed by atoms with Crippen LogP contribution in [0.1, 0.15) is 25.3 Å². The molecule has 33 heavy (non-hydrogen) atoms. The van der Waals surface area contributed by atoms with Gasteiger partial charge in [-0.2, -0.15) is 5.10 Å². The Labute approximate surface area is 201 Å². The van der Waals surface area contributed by atoms with Crippen LogP contribution in [0.2, 0.25) is 10.0 Å². The van der Waals surface area contributed by atoms with Crippen molar-refractivity contribution in [2.45, 2.75) is 19.8 Å². The quantitative estimate of drug-likeness (QED) is 0.202. The molecule has 0 atom stereocenters. The zero-order chi connectivity index (χ0) is 24.2.